The van der Waals surface area contributed by atoms with E-state index < -0.39 is 6.04 Å². The predicted molar refractivity (Wildman–Crippen MR) is 63.2 cm³/mol. The Morgan fingerprint density at radius 3 is 2.72 bits per heavy atom. The first-order valence-electron chi connectivity index (χ1n) is 5.60. The topological polar surface area (TPSA) is 61.4 Å². The highest BCUT2D eigenvalue weighted by atomic mass is 19.1. The first kappa shape index (κ1) is 12.3. The Morgan fingerprint density at radius 2 is 2.17 bits per heavy atom. The van der Waals surface area contributed by atoms with E-state index in [-0.39, 0.29) is 17.8 Å². The molecular formula is C12H14FN3O2. The Hall–Kier alpha value is -2.11. The summed E-state index contributed by atoms with van der Waals surface area (Å²) in [7, 11) is 1.63. The van der Waals surface area contributed by atoms with Crippen LogP contribution >= 0.6 is 0 Å². The molecule has 2 rings (SSSR count). The van der Waals surface area contributed by atoms with Gasteiger partial charge in [-0.3, -0.25) is 4.79 Å². The van der Waals surface area contributed by atoms with E-state index in [2.05, 4.69) is 10.6 Å². The molecule has 1 saturated heterocycles. The van der Waals surface area contributed by atoms with Crippen molar-refractivity contribution in [2.75, 3.05) is 13.6 Å². The zero-order valence-corrected chi connectivity index (χ0v) is 9.94. The van der Waals surface area contributed by atoms with Crippen molar-refractivity contribution in [1.29, 1.82) is 0 Å². The van der Waals surface area contributed by atoms with Crippen molar-refractivity contribution < 1.29 is 14.0 Å². The smallest absolute Gasteiger partial charge is 0.317 e. The zero-order chi connectivity index (χ0) is 13.1. The summed E-state index contributed by atoms with van der Waals surface area (Å²) < 4.78 is 12.7. The number of rotatable bonds is 3. The number of hydrogen-bond acceptors (Lipinski definition) is 2. The minimum Gasteiger partial charge on any atom is -0.350 e. The lowest BCUT2D eigenvalue weighted by atomic mass is 10.2. The van der Waals surface area contributed by atoms with Crippen LogP contribution in [0.15, 0.2) is 24.3 Å². The Balaban J connectivity index is 1.85. The molecule has 0 aromatic heterocycles. The number of hydrogen-bond donors (Lipinski definition) is 2. The third kappa shape index (κ3) is 2.77. The van der Waals surface area contributed by atoms with Crippen molar-refractivity contribution in [1.82, 2.24) is 15.5 Å². The maximum absolute atomic E-state index is 12.7. The first-order valence-corrected chi connectivity index (χ1v) is 5.60. The summed E-state index contributed by atoms with van der Waals surface area (Å²) in [5.41, 5.74) is 0.808. The standard InChI is InChI=1S/C12H14FN3O2/c1-16-7-10(15-12(16)18)11(17)14-6-8-2-4-9(13)5-3-8/h2-5,10H,6-7H2,1H3,(H,14,17)(H,15,18). The molecular weight excluding hydrogens is 237 g/mol. The van der Waals surface area contributed by atoms with E-state index in [0.29, 0.717) is 13.1 Å². The molecule has 18 heavy (non-hydrogen) atoms. The van der Waals surface area contributed by atoms with Gasteiger partial charge in [-0.15, -0.1) is 0 Å². The molecule has 1 aliphatic rings. The first-order chi connectivity index (χ1) is 8.56. The second kappa shape index (κ2) is 5.03. The van der Waals surface area contributed by atoms with Crippen LogP contribution in [0, 0.1) is 5.82 Å². The van der Waals surface area contributed by atoms with E-state index in [9.17, 15) is 14.0 Å². The van der Waals surface area contributed by atoms with Crippen LogP contribution in [-0.2, 0) is 11.3 Å². The summed E-state index contributed by atoms with van der Waals surface area (Å²) in [6.07, 6.45) is 0. The van der Waals surface area contributed by atoms with Crippen LogP contribution in [0.1, 0.15) is 5.56 Å². The lowest BCUT2D eigenvalue weighted by molar-refractivity contribution is -0.122. The van der Waals surface area contributed by atoms with Crippen LogP contribution in [-0.4, -0.2) is 36.5 Å². The molecule has 0 spiro atoms. The van der Waals surface area contributed by atoms with Crippen LogP contribution in [0.2, 0.25) is 0 Å². The fourth-order valence-corrected chi connectivity index (χ4v) is 1.72. The van der Waals surface area contributed by atoms with E-state index in [1.54, 1.807) is 19.2 Å². The average Bonchev–Trinajstić information content (AvgIpc) is 2.69. The number of halogens is 1. The van der Waals surface area contributed by atoms with E-state index in [0.717, 1.165) is 5.56 Å². The molecule has 6 heteroatoms. The summed E-state index contributed by atoms with van der Waals surface area (Å²) in [5, 5.41) is 5.26. The maximum Gasteiger partial charge on any atom is 0.317 e. The largest absolute Gasteiger partial charge is 0.350 e. The Bertz CT molecular complexity index is 461. The Morgan fingerprint density at radius 1 is 1.50 bits per heavy atom. The fraction of sp³-hybridized carbons (Fsp3) is 0.333. The average molecular weight is 251 g/mol. The minimum absolute atomic E-state index is 0.239. The maximum atomic E-state index is 12.7. The van der Waals surface area contributed by atoms with Gasteiger partial charge in [0, 0.05) is 13.6 Å². The number of benzene rings is 1. The molecule has 0 bridgehead atoms. The third-order valence-corrected chi connectivity index (χ3v) is 2.80. The fourth-order valence-electron chi connectivity index (χ4n) is 1.72. The van der Waals surface area contributed by atoms with Gasteiger partial charge in [0.1, 0.15) is 11.9 Å². The van der Waals surface area contributed by atoms with Gasteiger partial charge in [0.05, 0.1) is 6.54 Å². The van der Waals surface area contributed by atoms with Gasteiger partial charge in [-0.2, -0.15) is 0 Å². The molecule has 3 amide bonds. The van der Waals surface area contributed by atoms with E-state index in [4.69, 9.17) is 0 Å². The predicted octanol–water partition coefficient (Wildman–Crippen LogP) is 0.465. The lowest BCUT2D eigenvalue weighted by Gasteiger charge is -2.10. The second-order valence-electron chi connectivity index (χ2n) is 4.23. The SMILES string of the molecule is CN1CC(C(=O)NCc2ccc(F)cc2)NC1=O. The molecule has 1 unspecified atom stereocenters. The van der Waals surface area contributed by atoms with Gasteiger partial charge < -0.3 is 15.5 Å². The molecule has 0 aliphatic carbocycles. The normalized spacial score (nSPS) is 18.7. The number of carbonyl (C=O) groups is 2. The number of nitrogens with zero attached hydrogens (tertiary/aromatic N) is 1. The monoisotopic (exact) mass is 251 g/mol. The van der Waals surface area contributed by atoms with Crippen molar-refractivity contribution in [3.8, 4) is 0 Å². The van der Waals surface area contributed by atoms with Crippen LogP contribution in [0.5, 0.6) is 0 Å². The molecule has 2 N–H and O–H groups in total. The van der Waals surface area contributed by atoms with Gasteiger partial charge in [-0.1, -0.05) is 12.1 Å². The van der Waals surface area contributed by atoms with Crippen molar-refractivity contribution in [2.45, 2.75) is 12.6 Å². The third-order valence-electron chi connectivity index (χ3n) is 2.80. The quantitative estimate of drug-likeness (QED) is 0.820. The van der Waals surface area contributed by atoms with Gasteiger partial charge in [0.2, 0.25) is 5.91 Å². The van der Waals surface area contributed by atoms with Crippen molar-refractivity contribution in [2.24, 2.45) is 0 Å². The number of urea groups is 1. The summed E-state index contributed by atoms with van der Waals surface area (Å²) in [5.74, 6) is -0.549. The molecule has 1 fully saturated rings. The number of likely N-dealkylation sites (N-methyl/N-ethyl adjacent to an activating group) is 1. The molecule has 1 aromatic carbocycles. The second-order valence-corrected chi connectivity index (χ2v) is 4.23. The molecule has 1 aliphatic heterocycles. The van der Waals surface area contributed by atoms with Crippen molar-refractivity contribution in [3.63, 3.8) is 0 Å². The van der Waals surface area contributed by atoms with Gasteiger partial charge in [-0.25, -0.2) is 9.18 Å². The lowest BCUT2D eigenvalue weighted by Crippen LogP contribution is -2.42. The molecule has 0 radical (unpaired) electrons. The summed E-state index contributed by atoms with van der Waals surface area (Å²) in [4.78, 5) is 24.4. The summed E-state index contributed by atoms with van der Waals surface area (Å²) in [6, 6.07) is 5.11. The molecule has 96 valence electrons. The van der Waals surface area contributed by atoms with Crippen molar-refractivity contribution >= 4 is 11.9 Å². The molecule has 1 atom stereocenters. The van der Waals surface area contributed by atoms with Crippen molar-refractivity contribution in [3.05, 3.63) is 35.6 Å². The molecule has 1 heterocycles. The highest BCUT2D eigenvalue weighted by molar-refractivity contribution is 5.90. The summed E-state index contributed by atoms with van der Waals surface area (Å²) in [6.45, 7) is 0.670. The van der Waals surface area contributed by atoms with Crippen LogP contribution in [0.25, 0.3) is 0 Å². The van der Waals surface area contributed by atoms with Gasteiger partial charge in [0.15, 0.2) is 0 Å². The Kier molecular flexibility index (Phi) is 3.45. The highest BCUT2D eigenvalue weighted by Gasteiger charge is 2.30. The molecule has 0 saturated carbocycles. The van der Waals surface area contributed by atoms with Gasteiger partial charge >= 0.3 is 6.03 Å². The van der Waals surface area contributed by atoms with E-state index >= 15 is 0 Å². The number of carbonyl (C=O) groups excluding carboxylic acids is 2. The number of nitrogens with one attached hydrogen (secondary N) is 2. The zero-order valence-electron chi connectivity index (χ0n) is 9.94. The number of amides is 3. The van der Waals surface area contributed by atoms with Crippen LogP contribution in [0.3, 0.4) is 0 Å². The Labute approximate surface area is 104 Å². The van der Waals surface area contributed by atoms with E-state index in [1.165, 1.54) is 17.0 Å². The van der Waals surface area contributed by atoms with Crippen LogP contribution < -0.4 is 10.6 Å². The molecule has 1 aromatic rings. The van der Waals surface area contributed by atoms with Gasteiger partial charge in [-0.05, 0) is 17.7 Å². The van der Waals surface area contributed by atoms with Gasteiger partial charge in [0.25, 0.3) is 0 Å². The minimum atomic E-state index is -0.525. The van der Waals surface area contributed by atoms with E-state index in [1.807, 2.05) is 0 Å². The van der Waals surface area contributed by atoms with Crippen LogP contribution in [0.4, 0.5) is 9.18 Å². The highest BCUT2D eigenvalue weighted by Crippen LogP contribution is 2.04. The summed E-state index contributed by atoms with van der Waals surface area (Å²) >= 11 is 0. The molecule has 5 nitrogen and oxygen atoms in total.